The van der Waals surface area contributed by atoms with Crippen LogP contribution < -0.4 is 0 Å². The second-order valence-corrected chi connectivity index (χ2v) is 5.28. The van der Waals surface area contributed by atoms with Crippen molar-refractivity contribution in [3.05, 3.63) is 0 Å². The molecule has 1 aliphatic carbocycles. The maximum absolute atomic E-state index is 11.3. The highest BCUT2D eigenvalue weighted by Crippen LogP contribution is 2.30. The minimum atomic E-state index is -1.74. The summed E-state index contributed by atoms with van der Waals surface area (Å²) in [5.74, 6) is -3.29. The monoisotopic (exact) mass is 348 g/mol. The largest absolute Gasteiger partial charge is 0.456 e. The van der Waals surface area contributed by atoms with E-state index in [1.807, 2.05) is 0 Å². The van der Waals surface area contributed by atoms with E-state index in [1.54, 1.807) is 0 Å². The van der Waals surface area contributed by atoms with E-state index in [4.69, 9.17) is 18.9 Å². The molecule has 1 rings (SSSR count). The van der Waals surface area contributed by atoms with Crippen LogP contribution in [0.3, 0.4) is 0 Å². The van der Waals surface area contributed by atoms with Crippen LogP contribution in [-0.2, 0) is 38.1 Å². The highest BCUT2D eigenvalue weighted by molar-refractivity contribution is 5.69. The van der Waals surface area contributed by atoms with Gasteiger partial charge >= 0.3 is 23.9 Å². The first-order valence-corrected chi connectivity index (χ1v) is 7.09. The Morgan fingerprint density at radius 2 is 0.750 bits per heavy atom. The lowest BCUT2D eigenvalue weighted by Crippen LogP contribution is -2.67. The summed E-state index contributed by atoms with van der Waals surface area (Å²) in [6, 6.07) is 0. The van der Waals surface area contributed by atoms with Crippen LogP contribution in [0.5, 0.6) is 0 Å². The van der Waals surface area contributed by atoms with Crippen LogP contribution in [0.25, 0.3) is 0 Å². The van der Waals surface area contributed by atoms with Crippen LogP contribution in [0.15, 0.2) is 0 Å². The van der Waals surface area contributed by atoms with Gasteiger partial charge in [-0.15, -0.1) is 0 Å². The number of hydrogen-bond acceptors (Lipinski definition) is 10. The number of ether oxygens (including phenoxy) is 4. The minimum absolute atomic E-state index is 0.820. The van der Waals surface area contributed by atoms with Crippen molar-refractivity contribution in [3.8, 4) is 0 Å². The molecule has 0 heterocycles. The van der Waals surface area contributed by atoms with Gasteiger partial charge in [-0.05, 0) is 0 Å². The third-order valence-corrected chi connectivity index (χ3v) is 3.20. The smallest absolute Gasteiger partial charge is 0.303 e. The number of esters is 4. The Morgan fingerprint density at radius 3 is 0.958 bits per heavy atom. The number of carbonyl (C=O) groups excluding carboxylic acids is 4. The van der Waals surface area contributed by atoms with Crippen molar-refractivity contribution in [2.45, 2.75) is 64.3 Å². The summed E-state index contributed by atoms with van der Waals surface area (Å²) in [5, 5.41) is 20.3. The van der Waals surface area contributed by atoms with Crippen LogP contribution >= 0.6 is 0 Å². The van der Waals surface area contributed by atoms with Crippen molar-refractivity contribution in [2.24, 2.45) is 0 Å². The maximum atomic E-state index is 11.3. The molecule has 0 amide bonds. The number of aliphatic hydroxyl groups excluding tert-OH is 2. The van der Waals surface area contributed by atoms with Crippen LogP contribution in [0, 0.1) is 0 Å². The van der Waals surface area contributed by atoms with Gasteiger partial charge in [-0.1, -0.05) is 0 Å². The molecule has 10 nitrogen and oxygen atoms in total. The molecule has 0 aromatic carbocycles. The standard InChI is InChI=1S/C14H20O10/c1-5(15)21-11-9(19)10(20)12(22-6(2)16)14(24-8(4)18)13(11)23-7(3)17/h9-14,19-20H,1-4H3/t9-,10+,11-,12+,13-,14+. The zero-order valence-corrected chi connectivity index (χ0v) is 13.6. The summed E-state index contributed by atoms with van der Waals surface area (Å²) < 4.78 is 19.8. The van der Waals surface area contributed by atoms with Gasteiger partial charge < -0.3 is 29.2 Å². The van der Waals surface area contributed by atoms with Crippen LogP contribution in [0.4, 0.5) is 0 Å². The molecular weight excluding hydrogens is 328 g/mol. The van der Waals surface area contributed by atoms with Crippen molar-refractivity contribution in [1.29, 1.82) is 0 Å². The van der Waals surface area contributed by atoms with Crippen molar-refractivity contribution < 1.29 is 48.3 Å². The van der Waals surface area contributed by atoms with Crippen molar-refractivity contribution in [2.75, 3.05) is 0 Å². The first-order valence-electron chi connectivity index (χ1n) is 7.09. The molecule has 6 atom stereocenters. The molecule has 0 radical (unpaired) electrons. The minimum Gasteiger partial charge on any atom is -0.456 e. The SMILES string of the molecule is CC(=O)O[C@@H]1[C@H](OC(C)=O)[C@H](OC(C)=O)[C@H](O)[C@H](O)[C@@H]1OC(C)=O. The lowest BCUT2D eigenvalue weighted by molar-refractivity contribution is -0.251. The summed E-state index contributed by atoms with van der Waals surface area (Å²) in [5.41, 5.74) is 0. The second-order valence-electron chi connectivity index (χ2n) is 5.28. The Balaban J connectivity index is 3.28. The molecule has 0 bridgehead atoms. The van der Waals surface area contributed by atoms with E-state index in [9.17, 15) is 29.4 Å². The third-order valence-electron chi connectivity index (χ3n) is 3.20. The molecule has 136 valence electrons. The maximum Gasteiger partial charge on any atom is 0.303 e. The molecule has 0 unspecified atom stereocenters. The van der Waals surface area contributed by atoms with Crippen LogP contribution in [-0.4, -0.2) is 70.7 Å². The molecule has 0 aliphatic heterocycles. The van der Waals surface area contributed by atoms with Gasteiger partial charge in [0.1, 0.15) is 12.2 Å². The van der Waals surface area contributed by atoms with Crippen LogP contribution in [0.2, 0.25) is 0 Å². The van der Waals surface area contributed by atoms with E-state index >= 15 is 0 Å². The number of carbonyl (C=O) groups is 4. The molecule has 0 aromatic rings. The van der Waals surface area contributed by atoms with E-state index in [-0.39, 0.29) is 0 Å². The average Bonchev–Trinajstić information content (AvgIpc) is 2.42. The van der Waals surface area contributed by atoms with Gasteiger partial charge in [0.25, 0.3) is 0 Å². The van der Waals surface area contributed by atoms with Crippen molar-refractivity contribution in [1.82, 2.24) is 0 Å². The highest BCUT2D eigenvalue weighted by atomic mass is 16.6. The summed E-state index contributed by atoms with van der Waals surface area (Å²) in [4.78, 5) is 45.1. The Kier molecular flexibility index (Phi) is 6.67. The third kappa shape index (κ3) is 4.90. The average molecular weight is 348 g/mol. The number of rotatable bonds is 4. The van der Waals surface area contributed by atoms with Gasteiger partial charge in [0, 0.05) is 27.7 Å². The second kappa shape index (κ2) is 8.06. The lowest BCUT2D eigenvalue weighted by atomic mass is 9.84. The van der Waals surface area contributed by atoms with E-state index in [2.05, 4.69) is 0 Å². The molecule has 2 N–H and O–H groups in total. The first-order chi connectivity index (χ1) is 11.0. The summed E-state index contributed by atoms with van der Waals surface area (Å²) in [6.07, 6.45) is -9.46. The van der Waals surface area contributed by atoms with Gasteiger partial charge in [-0.2, -0.15) is 0 Å². The lowest BCUT2D eigenvalue weighted by Gasteiger charge is -2.44. The van der Waals surface area contributed by atoms with E-state index in [1.165, 1.54) is 0 Å². The first kappa shape index (κ1) is 19.8. The van der Waals surface area contributed by atoms with Gasteiger partial charge in [-0.3, -0.25) is 19.2 Å². The highest BCUT2D eigenvalue weighted by Gasteiger charge is 2.56. The van der Waals surface area contributed by atoms with E-state index in [0.29, 0.717) is 0 Å². The number of hydrogen-bond donors (Lipinski definition) is 2. The quantitative estimate of drug-likeness (QED) is 0.452. The predicted octanol–water partition coefficient (Wildman–Crippen LogP) is -1.55. The Bertz CT molecular complexity index is 470. The molecular formula is C14H20O10. The molecule has 1 saturated carbocycles. The molecule has 24 heavy (non-hydrogen) atoms. The summed E-state index contributed by atoms with van der Waals surface area (Å²) in [6.45, 7) is 4.19. The zero-order valence-electron chi connectivity index (χ0n) is 13.6. The normalized spacial score (nSPS) is 32.4. The molecule has 0 spiro atoms. The Hall–Kier alpha value is -2.20. The van der Waals surface area contributed by atoms with E-state index < -0.39 is 60.5 Å². The molecule has 10 heteroatoms. The fourth-order valence-corrected chi connectivity index (χ4v) is 2.46. The molecule has 1 fully saturated rings. The van der Waals surface area contributed by atoms with Gasteiger partial charge in [0.2, 0.25) is 0 Å². The summed E-state index contributed by atoms with van der Waals surface area (Å²) >= 11 is 0. The summed E-state index contributed by atoms with van der Waals surface area (Å²) in [7, 11) is 0. The topological polar surface area (TPSA) is 146 Å². The number of aliphatic hydroxyl groups is 2. The van der Waals surface area contributed by atoms with Crippen LogP contribution in [0.1, 0.15) is 27.7 Å². The predicted molar refractivity (Wildman–Crippen MR) is 74.2 cm³/mol. The Morgan fingerprint density at radius 1 is 0.542 bits per heavy atom. The molecule has 1 aliphatic rings. The van der Waals surface area contributed by atoms with Crippen molar-refractivity contribution in [3.63, 3.8) is 0 Å². The molecule has 0 aromatic heterocycles. The fourth-order valence-electron chi connectivity index (χ4n) is 2.46. The zero-order chi connectivity index (χ0) is 18.6. The van der Waals surface area contributed by atoms with E-state index in [0.717, 1.165) is 27.7 Å². The van der Waals surface area contributed by atoms with Gasteiger partial charge in [-0.25, -0.2) is 0 Å². The van der Waals surface area contributed by atoms with Crippen molar-refractivity contribution >= 4 is 23.9 Å². The molecule has 0 saturated heterocycles. The van der Waals surface area contributed by atoms with Gasteiger partial charge in [0.05, 0.1) is 0 Å². The Labute approximate surface area is 137 Å². The van der Waals surface area contributed by atoms with Gasteiger partial charge in [0.15, 0.2) is 24.4 Å². The fraction of sp³-hybridized carbons (Fsp3) is 0.714.